The number of aromatic amines is 1. The van der Waals surface area contributed by atoms with Crippen molar-refractivity contribution in [2.45, 2.75) is 6.42 Å². The van der Waals surface area contributed by atoms with Crippen molar-refractivity contribution in [1.29, 1.82) is 0 Å². The molecule has 0 saturated heterocycles. The molecule has 0 aliphatic carbocycles. The molecule has 2 aromatic carbocycles. The Morgan fingerprint density at radius 2 is 1.74 bits per heavy atom. The molecule has 0 fully saturated rings. The summed E-state index contributed by atoms with van der Waals surface area (Å²) in [7, 11) is 0. The SMILES string of the molecule is O=c1cnn(-c2cc(Cl)c(CC(=S)Nc3ccc(Cl)cc3)c(Cl)c2)c(=O)[nH]1. The zero-order valence-corrected chi connectivity index (χ0v) is 16.6. The van der Waals surface area contributed by atoms with E-state index in [-0.39, 0.29) is 0 Å². The molecule has 1 aromatic heterocycles. The van der Waals surface area contributed by atoms with E-state index < -0.39 is 11.2 Å². The maximum absolute atomic E-state index is 11.9. The van der Waals surface area contributed by atoms with Gasteiger partial charge in [-0.25, -0.2) is 4.79 Å². The largest absolute Gasteiger partial charge is 0.350 e. The number of aromatic nitrogens is 3. The van der Waals surface area contributed by atoms with Gasteiger partial charge in [0.2, 0.25) is 0 Å². The standard InChI is InChI=1S/C17H11Cl3N4O2S/c18-9-1-3-10(4-2-9)22-16(27)7-12-13(19)5-11(6-14(12)20)24-17(26)23-15(25)8-21-24/h1-6,8H,7H2,(H,22,27)(H,23,25,26). The van der Waals surface area contributed by atoms with E-state index in [0.29, 0.717) is 37.7 Å². The third-order valence-electron chi connectivity index (χ3n) is 3.55. The molecule has 0 unspecified atom stereocenters. The molecule has 0 aliphatic heterocycles. The minimum Gasteiger partial charge on any atom is -0.350 e. The first-order valence-electron chi connectivity index (χ1n) is 7.56. The van der Waals surface area contributed by atoms with Gasteiger partial charge >= 0.3 is 5.69 Å². The number of anilines is 1. The third-order valence-corrected chi connectivity index (χ3v) is 4.72. The smallest absolute Gasteiger partial charge is 0.349 e. The van der Waals surface area contributed by atoms with Crippen molar-refractivity contribution in [3.63, 3.8) is 0 Å². The summed E-state index contributed by atoms with van der Waals surface area (Å²) in [4.78, 5) is 25.6. The number of benzene rings is 2. The van der Waals surface area contributed by atoms with Gasteiger partial charge in [-0.15, -0.1) is 0 Å². The van der Waals surface area contributed by atoms with Crippen LogP contribution in [-0.2, 0) is 6.42 Å². The van der Waals surface area contributed by atoms with Gasteiger partial charge in [-0.05, 0) is 42.0 Å². The topological polar surface area (TPSA) is 79.8 Å². The Labute approximate surface area is 173 Å². The van der Waals surface area contributed by atoms with Gasteiger partial charge in [-0.1, -0.05) is 47.0 Å². The van der Waals surface area contributed by atoms with Crippen LogP contribution in [0.5, 0.6) is 0 Å². The van der Waals surface area contributed by atoms with Crippen LogP contribution in [0.25, 0.3) is 5.69 Å². The fraction of sp³-hybridized carbons (Fsp3) is 0.0588. The summed E-state index contributed by atoms with van der Waals surface area (Å²) in [6, 6.07) is 10.2. The van der Waals surface area contributed by atoms with Gasteiger partial charge < -0.3 is 5.32 Å². The average molecular weight is 442 g/mol. The van der Waals surface area contributed by atoms with Crippen LogP contribution in [0.2, 0.25) is 15.1 Å². The molecule has 138 valence electrons. The molecule has 0 atom stereocenters. The van der Waals surface area contributed by atoms with Crippen molar-refractivity contribution in [3.8, 4) is 5.69 Å². The Morgan fingerprint density at radius 1 is 1.11 bits per heavy atom. The van der Waals surface area contributed by atoms with Crippen molar-refractivity contribution < 1.29 is 0 Å². The van der Waals surface area contributed by atoms with Crippen LogP contribution in [0.1, 0.15) is 5.56 Å². The minimum absolute atomic E-state index is 0.295. The Kier molecular flexibility index (Phi) is 5.96. The lowest BCUT2D eigenvalue weighted by Crippen LogP contribution is -2.30. The molecule has 1 heterocycles. The highest BCUT2D eigenvalue weighted by Crippen LogP contribution is 2.28. The molecule has 10 heteroatoms. The van der Waals surface area contributed by atoms with Crippen molar-refractivity contribution in [1.82, 2.24) is 14.8 Å². The number of hydrogen-bond donors (Lipinski definition) is 2. The summed E-state index contributed by atoms with van der Waals surface area (Å²) in [6.07, 6.45) is 1.28. The van der Waals surface area contributed by atoms with E-state index in [4.69, 9.17) is 47.0 Å². The lowest BCUT2D eigenvalue weighted by atomic mass is 10.1. The molecule has 0 spiro atoms. The van der Waals surface area contributed by atoms with E-state index in [2.05, 4.69) is 15.4 Å². The molecule has 0 saturated carbocycles. The van der Waals surface area contributed by atoms with Crippen LogP contribution in [0.3, 0.4) is 0 Å². The quantitative estimate of drug-likeness (QED) is 0.601. The fourth-order valence-electron chi connectivity index (χ4n) is 2.32. The molecule has 0 amide bonds. The van der Waals surface area contributed by atoms with Crippen molar-refractivity contribution in [3.05, 3.63) is 84.1 Å². The van der Waals surface area contributed by atoms with Gasteiger partial charge in [0.15, 0.2) is 0 Å². The van der Waals surface area contributed by atoms with Gasteiger partial charge in [0.05, 0.1) is 10.7 Å². The van der Waals surface area contributed by atoms with E-state index in [1.807, 2.05) is 0 Å². The van der Waals surface area contributed by atoms with Crippen molar-refractivity contribution in [2.75, 3.05) is 5.32 Å². The third kappa shape index (κ3) is 4.75. The summed E-state index contributed by atoms with van der Waals surface area (Å²) in [6.45, 7) is 0. The second-order valence-corrected chi connectivity index (χ2v) is 7.21. The molecular weight excluding hydrogens is 431 g/mol. The summed E-state index contributed by atoms with van der Waals surface area (Å²) in [5.74, 6) is 0. The van der Waals surface area contributed by atoms with Crippen molar-refractivity contribution >= 4 is 57.7 Å². The van der Waals surface area contributed by atoms with Crippen LogP contribution in [0.15, 0.2) is 52.2 Å². The highest BCUT2D eigenvalue weighted by atomic mass is 35.5. The number of nitrogens with zero attached hydrogens (tertiary/aromatic N) is 2. The Balaban J connectivity index is 1.84. The van der Waals surface area contributed by atoms with Gasteiger partial charge in [0, 0.05) is 27.2 Å². The van der Waals surface area contributed by atoms with Crippen LogP contribution >= 0.6 is 47.0 Å². The Bertz CT molecular complexity index is 1100. The fourth-order valence-corrected chi connectivity index (χ4v) is 3.31. The zero-order chi connectivity index (χ0) is 19.6. The van der Waals surface area contributed by atoms with Crippen LogP contribution < -0.4 is 16.6 Å². The van der Waals surface area contributed by atoms with Crippen LogP contribution in [-0.4, -0.2) is 19.8 Å². The first-order valence-corrected chi connectivity index (χ1v) is 9.10. The summed E-state index contributed by atoms with van der Waals surface area (Å²) < 4.78 is 0.993. The van der Waals surface area contributed by atoms with Crippen LogP contribution in [0, 0.1) is 0 Å². The molecule has 27 heavy (non-hydrogen) atoms. The molecule has 0 radical (unpaired) electrons. The number of hydrogen-bond acceptors (Lipinski definition) is 4. The number of H-pyrrole nitrogens is 1. The van der Waals surface area contributed by atoms with E-state index in [1.165, 1.54) is 12.1 Å². The summed E-state index contributed by atoms with van der Waals surface area (Å²) >= 11 is 23.9. The van der Waals surface area contributed by atoms with E-state index in [1.54, 1.807) is 24.3 Å². The first kappa shape index (κ1) is 19.6. The van der Waals surface area contributed by atoms with Crippen LogP contribution in [0.4, 0.5) is 5.69 Å². The van der Waals surface area contributed by atoms with Crippen molar-refractivity contribution in [2.24, 2.45) is 0 Å². The maximum atomic E-state index is 11.9. The second kappa shape index (κ2) is 8.22. The highest BCUT2D eigenvalue weighted by molar-refractivity contribution is 7.80. The predicted octanol–water partition coefficient (Wildman–Crippen LogP) is 3.86. The maximum Gasteiger partial charge on any atom is 0.349 e. The number of rotatable bonds is 4. The highest BCUT2D eigenvalue weighted by Gasteiger charge is 2.13. The summed E-state index contributed by atoms with van der Waals surface area (Å²) in [5.41, 5.74) is 0.431. The normalized spacial score (nSPS) is 10.6. The number of nitrogens with one attached hydrogen (secondary N) is 2. The van der Waals surface area contributed by atoms with Gasteiger partial charge in [-0.3, -0.25) is 9.78 Å². The zero-order valence-electron chi connectivity index (χ0n) is 13.5. The minimum atomic E-state index is -0.692. The lowest BCUT2D eigenvalue weighted by Gasteiger charge is -2.13. The number of halogens is 3. The Morgan fingerprint density at radius 3 is 2.33 bits per heavy atom. The molecule has 2 N–H and O–H groups in total. The second-order valence-electron chi connectivity index (χ2n) is 5.47. The van der Waals surface area contributed by atoms with E-state index in [9.17, 15) is 9.59 Å². The predicted molar refractivity (Wildman–Crippen MR) is 112 cm³/mol. The monoisotopic (exact) mass is 440 g/mol. The molecule has 0 bridgehead atoms. The molecule has 3 rings (SSSR count). The van der Waals surface area contributed by atoms with Gasteiger partial charge in [0.25, 0.3) is 5.56 Å². The first-order chi connectivity index (χ1) is 12.8. The summed E-state index contributed by atoms with van der Waals surface area (Å²) in [5, 5.41) is 8.12. The Hall–Kier alpha value is -2.19. The van der Waals surface area contributed by atoms with Gasteiger partial charge in [-0.2, -0.15) is 9.78 Å². The molecular formula is C17H11Cl3N4O2S. The number of thiocarbonyl (C=S) groups is 1. The molecule has 6 nitrogen and oxygen atoms in total. The van der Waals surface area contributed by atoms with E-state index >= 15 is 0 Å². The average Bonchev–Trinajstić information content (AvgIpc) is 2.60. The molecule has 3 aromatic rings. The lowest BCUT2D eigenvalue weighted by molar-refractivity contribution is 0.749. The van der Waals surface area contributed by atoms with Gasteiger partial charge in [0.1, 0.15) is 6.20 Å². The van der Waals surface area contributed by atoms with E-state index in [0.717, 1.165) is 16.6 Å². The molecule has 0 aliphatic rings.